The topological polar surface area (TPSA) is 55.4 Å². The summed E-state index contributed by atoms with van der Waals surface area (Å²) in [6.45, 7) is 4.58. The van der Waals surface area contributed by atoms with Crippen LogP contribution in [0.25, 0.3) is 22.6 Å². The van der Waals surface area contributed by atoms with Crippen molar-refractivity contribution in [2.75, 3.05) is 39.3 Å². The Labute approximate surface area is 192 Å². The molecule has 1 aliphatic heterocycles. The highest BCUT2D eigenvalue weighted by Crippen LogP contribution is 2.34. The third-order valence-corrected chi connectivity index (χ3v) is 7.23. The molecule has 1 aromatic heterocycles. The molecule has 0 spiro atoms. The molecular formula is C21H21BrClFN4OS. The average molecular weight is 512 g/mol. The average Bonchev–Trinajstić information content (AvgIpc) is 3.23. The van der Waals surface area contributed by atoms with E-state index in [1.165, 1.54) is 6.07 Å². The standard InChI is InChI=1S/C21H21BrClFN4OS/c22-16-3-1-14(11-18(16)24)19-13-25-21(26-19)15-2-4-17(23)20(12-15)30-28-7-5-27(6-8-28)9-10-29/h1-4,11-13,29H,5-10H2,(H,25,26). The first kappa shape index (κ1) is 21.8. The summed E-state index contributed by atoms with van der Waals surface area (Å²) in [6.07, 6.45) is 1.71. The maximum Gasteiger partial charge on any atom is 0.138 e. The van der Waals surface area contributed by atoms with E-state index in [0.717, 1.165) is 54.4 Å². The van der Waals surface area contributed by atoms with Crippen LogP contribution in [0.3, 0.4) is 0 Å². The molecule has 0 radical (unpaired) electrons. The van der Waals surface area contributed by atoms with Gasteiger partial charge in [-0.25, -0.2) is 13.7 Å². The van der Waals surface area contributed by atoms with Gasteiger partial charge in [-0.3, -0.25) is 4.90 Å². The van der Waals surface area contributed by atoms with Crippen LogP contribution in [0, 0.1) is 5.82 Å². The minimum absolute atomic E-state index is 0.193. The maximum atomic E-state index is 13.9. The summed E-state index contributed by atoms with van der Waals surface area (Å²) in [7, 11) is 0. The number of β-amino-alcohol motifs (C(OH)–C–C–N with tert-alkyl or cyclic N) is 1. The van der Waals surface area contributed by atoms with Gasteiger partial charge >= 0.3 is 0 Å². The molecule has 2 heterocycles. The largest absolute Gasteiger partial charge is 0.395 e. The van der Waals surface area contributed by atoms with Crippen molar-refractivity contribution in [3.8, 4) is 22.6 Å². The van der Waals surface area contributed by atoms with E-state index in [2.05, 4.69) is 35.1 Å². The second kappa shape index (κ2) is 9.80. The summed E-state index contributed by atoms with van der Waals surface area (Å²) in [4.78, 5) is 11.0. The highest BCUT2D eigenvalue weighted by molar-refractivity contribution is 9.10. The van der Waals surface area contributed by atoms with E-state index >= 15 is 0 Å². The van der Waals surface area contributed by atoms with Gasteiger partial charge in [0.25, 0.3) is 0 Å². The molecule has 5 nitrogen and oxygen atoms in total. The van der Waals surface area contributed by atoms with Crippen LogP contribution in [-0.2, 0) is 0 Å². The molecule has 0 amide bonds. The van der Waals surface area contributed by atoms with Crippen molar-refractivity contribution in [1.29, 1.82) is 0 Å². The van der Waals surface area contributed by atoms with E-state index in [4.69, 9.17) is 16.7 Å². The minimum Gasteiger partial charge on any atom is -0.395 e. The first-order valence-corrected chi connectivity index (χ1v) is 11.5. The molecule has 1 fully saturated rings. The fraction of sp³-hybridized carbons (Fsp3) is 0.286. The lowest BCUT2D eigenvalue weighted by Gasteiger charge is -2.33. The van der Waals surface area contributed by atoms with Crippen molar-refractivity contribution in [2.45, 2.75) is 4.90 Å². The molecule has 0 unspecified atom stereocenters. The highest BCUT2D eigenvalue weighted by atomic mass is 79.9. The normalized spacial score (nSPS) is 15.6. The zero-order valence-corrected chi connectivity index (χ0v) is 19.3. The lowest BCUT2D eigenvalue weighted by Crippen LogP contribution is -2.44. The molecule has 0 saturated carbocycles. The molecule has 0 atom stereocenters. The molecule has 3 aromatic rings. The van der Waals surface area contributed by atoms with E-state index < -0.39 is 0 Å². The van der Waals surface area contributed by atoms with Crippen molar-refractivity contribution in [3.63, 3.8) is 0 Å². The highest BCUT2D eigenvalue weighted by Gasteiger charge is 2.19. The molecule has 30 heavy (non-hydrogen) atoms. The predicted molar refractivity (Wildman–Crippen MR) is 123 cm³/mol. The SMILES string of the molecule is OCCN1CCN(Sc2cc(-c3ncc(-c4ccc(Br)c(F)c4)[nH]3)ccc2Cl)CC1. The number of aliphatic hydroxyl groups excluding tert-OH is 1. The number of aromatic amines is 1. The lowest BCUT2D eigenvalue weighted by atomic mass is 10.2. The smallest absolute Gasteiger partial charge is 0.138 e. The number of piperazine rings is 1. The van der Waals surface area contributed by atoms with Crippen molar-refractivity contribution in [2.24, 2.45) is 0 Å². The van der Waals surface area contributed by atoms with Crippen molar-refractivity contribution in [3.05, 3.63) is 57.9 Å². The van der Waals surface area contributed by atoms with Gasteiger partial charge in [-0.2, -0.15) is 0 Å². The minimum atomic E-state index is -0.312. The van der Waals surface area contributed by atoms with Gasteiger partial charge in [-0.15, -0.1) is 0 Å². The van der Waals surface area contributed by atoms with Crippen LogP contribution in [0.1, 0.15) is 0 Å². The third kappa shape index (κ3) is 5.07. The summed E-state index contributed by atoms with van der Waals surface area (Å²) >= 11 is 11.3. The zero-order valence-electron chi connectivity index (χ0n) is 16.1. The number of aliphatic hydroxyl groups is 1. The Kier molecular flexibility index (Phi) is 7.12. The molecule has 9 heteroatoms. The molecule has 158 valence electrons. The van der Waals surface area contributed by atoms with E-state index in [1.807, 2.05) is 24.3 Å². The molecular weight excluding hydrogens is 491 g/mol. The van der Waals surface area contributed by atoms with Gasteiger partial charge in [0.2, 0.25) is 0 Å². The van der Waals surface area contributed by atoms with Crippen molar-refractivity contribution in [1.82, 2.24) is 19.2 Å². The lowest BCUT2D eigenvalue weighted by molar-refractivity contribution is 0.156. The van der Waals surface area contributed by atoms with Crippen LogP contribution in [0.5, 0.6) is 0 Å². The molecule has 2 N–H and O–H groups in total. The van der Waals surface area contributed by atoms with Gasteiger partial charge in [-0.1, -0.05) is 17.7 Å². The number of imidazole rings is 1. The number of hydrogen-bond acceptors (Lipinski definition) is 5. The van der Waals surface area contributed by atoms with Crippen LogP contribution >= 0.6 is 39.5 Å². The predicted octanol–water partition coefficient (Wildman–Crippen LogP) is 4.92. The van der Waals surface area contributed by atoms with Crippen LogP contribution in [0.15, 0.2) is 52.0 Å². The van der Waals surface area contributed by atoms with E-state index in [0.29, 0.717) is 15.3 Å². The number of rotatable bonds is 6. The summed E-state index contributed by atoms with van der Waals surface area (Å²) in [5.74, 6) is 0.396. The number of nitrogens with zero attached hydrogens (tertiary/aromatic N) is 3. The molecule has 0 aliphatic carbocycles. The fourth-order valence-corrected chi connectivity index (χ4v) is 4.75. The van der Waals surface area contributed by atoms with Gasteiger partial charge in [-0.05, 0) is 58.2 Å². The second-order valence-corrected chi connectivity index (χ2v) is 9.41. The van der Waals surface area contributed by atoms with Crippen molar-refractivity contribution >= 4 is 39.5 Å². The monoisotopic (exact) mass is 510 g/mol. The number of hydrogen-bond donors (Lipinski definition) is 2. The summed E-state index contributed by atoms with van der Waals surface area (Å²) in [5, 5.41) is 9.78. The Morgan fingerprint density at radius 1 is 1.13 bits per heavy atom. The first-order valence-electron chi connectivity index (χ1n) is 9.60. The van der Waals surface area contributed by atoms with E-state index in [9.17, 15) is 4.39 Å². The third-order valence-electron chi connectivity index (χ3n) is 4.99. The summed E-state index contributed by atoms with van der Waals surface area (Å²) in [5.41, 5.74) is 2.41. The quantitative estimate of drug-likeness (QED) is 0.460. The van der Waals surface area contributed by atoms with Crippen LogP contribution in [-0.4, -0.2) is 63.6 Å². The second-order valence-electron chi connectivity index (χ2n) is 7.01. The van der Waals surface area contributed by atoms with Crippen LogP contribution < -0.4 is 0 Å². The number of halogens is 3. The summed E-state index contributed by atoms with van der Waals surface area (Å²) < 4.78 is 16.6. The molecule has 1 aliphatic rings. The summed E-state index contributed by atoms with van der Waals surface area (Å²) in [6, 6.07) is 10.8. The Hall–Kier alpha value is -1.42. The Balaban J connectivity index is 1.49. The Morgan fingerprint density at radius 3 is 2.63 bits per heavy atom. The molecule has 0 bridgehead atoms. The van der Waals surface area contributed by atoms with Gasteiger partial charge in [0.1, 0.15) is 11.6 Å². The number of H-pyrrole nitrogens is 1. The van der Waals surface area contributed by atoms with Gasteiger partial charge in [0.05, 0.1) is 28.0 Å². The van der Waals surface area contributed by atoms with Crippen molar-refractivity contribution < 1.29 is 9.50 Å². The van der Waals surface area contributed by atoms with Gasteiger partial charge in [0, 0.05) is 48.7 Å². The van der Waals surface area contributed by atoms with Crippen LogP contribution in [0.4, 0.5) is 4.39 Å². The number of aromatic nitrogens is 2. The van der Waals surface area contributed by atoms with Crippen LogP contribution in [0.2, 0.25) is 5.02 Å². The first-order chi connectivity index (χ1) is 14.5. The Bertz CT molecular complexity index is 1030. The fourth-order valence-electron chi connectivity index (χ4n) is 3.32. The molecule has 2 aromatic carbocycles. The number of nitrogens with one attached hydrogen (secondary N) is 1. The Morgan fingerprint density at radius 2 is 1.90 bits per heavy atom. The zero-order chi connectivity index (χ0) is 21.1. The van der Waals surface area contributed by atoms with Gasteiger partial charge in [0.15, 0.2) is 0 Å². The maximum absolute atomic E-state index is 13.9. The number of benzene rings is 2. The molecule has 4 rings (SSSR count). The van der Waals surface area contributed by atoms with Gasteiger partial charge < -0.3 is 10.1 Å². The van der Waals surface area contributed by atoms with E-state index in [1.54, 1.807) is 24.2 Å². The molecule has 1 saturated heterocycles. The van der Waals surface area contributed by atoms with E-state index in [-0.39, 0.29) is 12.4 Å².